The molecule has 1 saturated heterocycles. The summed E-state index contributed by atoms with van der Waals surface area (Å²) in [6, 6.07) is 8.53. The third-order valence-corrected chi connectivity index (χ3v) is 8.09. The van der Waals surface area contributed by atoms with Crippen molar-refractivity contribution >= 4 is 21.6 Å². The van der Waals surface area contributed by atoms with Crippen LogP contribution in [0, 0.1) is 0 Å². The number of nitrogens with one attached hydrogen (secondary N) is 1. The monoisotopic (exact) mass is 472 g/mol. The average molecular weight is 473 g/mol. The number of benzene rings is 1. The van der Waals surface area contributed by atoms with Crippen LogP contribution < -0.4 is 15.0 Å². The Kier molecular flexibility index (Phi) is 7.19. The number of hydrogen-bond acceptors (Lipinski definition) is 6. The first-order valence-electron chi connectivity index (χ1n) is 11.6. The highest BCUT2D eigenvalue weighted by Gasteiger charge is 2.24. The van der Waals surface area contributed by atoms with Crippen LogP contribution in [0.2, 0.25) is 0 Å². The van der Waals surface area contributed by atoms with E-state index in [1.807, 2.05) is 12.1 Å². The molecular formula is C24H32N4O4S. The van der Waals surface area contributed by atoms with Gasteiger partial charge in [0.1, 0.15) is 6.10 Å². The number of pyridine rings is 1. The maximum Gasteiger partial charge on any atom is 0.253 e. The number of rotatable bonds is 8. The maximum absolute atomic E-state index is 13.2. The Balaban J connectivity index is 1.49. The van der Waals surface area contributed by atoms with Gasteiger partial charge in [0.25, 0.3) is 5.91 Å². The summed E-state index contributed by atoms with van der Waals surface area (Å²) < 4.78 is 32.3. The van der Waals surface area contributed by atoms with Gasteiger partial charge in [0.2, 0.25) is 15.9 Å². The second-order valence-corrected chi connectivity index (χ2v) is 11.0. The lowest BCUT2D eigenvalue weighted by molar-refractivity contribution is 0.0951. The summed E-state index contributed by atoms with van der Waals surface area (Å²) in [7, 11) is -0.679. The van der Waals surface area contributed by atoms with E-state index in [4.69, 9.17) is 4.74 Å². The minimum Gasteiger partial charge on any atom is -0.474 e. The molecule has 0 radical (unpaired) electrons. The summed E-state index contributed by atoms with van der Waals surface area (Å²) in [6.45, 7) is 2.00. The number of amides is 1. The molecule has 2 aliphatic rings. The van der Waals surface area contributed by atoms with Gasteiger partial charge in [0.05, 0.1) is 10.5 Å². The Hall–Kier alpha value is -2.65. The van der Waals surface area contributed by atoms with E-state index in [1.165, 1.54) is 33.0 Å². The van der Waals surface area contributed by atoms with Gasteiger partial charge in [-0.2, -0.15) is 0 Å². The summed E-state index contributed by atoms with van der Waals surface area (Å²) in [5.74, 6) is 0.300. The third-order valence-electron chi connectivity index (χ3n) is 6.28. The van der Waals surface area contributed by atoms with Gasteiger partial charge >= 0.3 is 0 Å². The predicted octanol–water partition coefficient (Wildman–Crippen LogP) is 3.18. The highest BCUT2D eigenvalue weighted by molar-refractivity contribution is 7.89. The first kappa shape index (κ1) is 23.5. The van der Waals surface area contributed by atoms with Crippen LogP contribution in [0.15, 0.2) is 41.4 Å². The van der Waals surface area contributed by atoms with Crippen molar-refractivity contribution in [1.29, 1.82) is 0 Å². The first-order chi connectivity index (χ1) is 15.8. The molecule has 0 spiro atoms. The van der Waals surface area contributed by atoms with Gasteiger partial charge in [-0.1, -0.05) is 6.07 Å². The van der Waals surface area contributed by atoms with Crippen molar-refractivity contribution < 1.29 is 17.9 Å². The van der Waals surface area contributed by atoms with Gasteiger partial charge < -0.3 is 15.0 Å². The van der Waals surface area contributed by atoms with E-state index in [2.05, 4.69) is 15.2 Å². The van der Waals surface area contributed by atoms with Crippen molar-refractivity contribution in [2.75, 3.05) is 32.1 Å². The molecule has 1 aliphatic heterocycles. The summed E-state index contributed by atoms with van der Waals surface area (Å²) in [6.07, 6.45) is 8.61. The quantitative estimate of drug-likeness (QED) is 0.635. The van der Waals surface area contributed by atoms with Crippen molar-refractivity contribution in [3.05, 3.63) is 47.7 Å². The number of nitrogens with zero attached hydrogens (tertiary/aromatic N) is 3. The van der Waals surface area contributed by atoms with Crippen LogP contribution in [0.25, 0.3) is 0 Å². The van der Waals surface area contributed by atoms with Crippen molar-refractivity contribution in [1.82, 2.24) is 14.6 Å². The number of aromatic nitrogens is 1. The largest absolute Gasteiger partial charge is 0.474 e. The Labute approximate surface area is 196 Å². The maximum atomic E-state index is 13.2. The van der Waals surface area contributed by atoms with E-state index in [0.29, 0.717) is 18.0 Å². The fraction of sp³-hybridized carbons (Fsp3) is 0.500. The number of hydrogen-bond donors (Lipinski definition) is 1. The second-order valence-electron chi connectivity index (χ2n) is 8.87. The Morgan fingerprint density at radius 1 is 1.12 bits per heavy atom. The molecule has 2 heterocycles. The highest BCUT2D eigenvalue weighted by atomic mass is 32.2. The van der Waals surface area contributed by atoms with Gasteiger partial charge in [-0.3, -0.25) is 4.79 Å². The van der Waals surface area contributed by atoms with Crippen LogP contribution in [0.4, 0.5) is 5.69 Å². The molecule has 2 fully saturated rings. The van der Waals surface area contributed by atoms with Crippen molar-refractivity contribution in [3.8, 4) is 5.88 Å². The molecule has 4 rings (SSSR count). The molecule has 1 aromatic heterocycles. The van der Waals surface area contributed by atoms with E-state index in [0.717, 1.165) is 54.3 Å². The smallest absolute Gasteiger partial charge is 0.253 e. The number of sulfonamides is 1. The molecule has 1 saturated carbocycles. The van der Waals surface area contributed by atoms with Crippen molar-refractivity contribution in [2.24, 2.45) is 0 Å². The van der Waals surface area contributed by atoms with E-state index in [9.17, 15) is 13.2 Å². The van der Waals surface area contributed by atoms with Gasteiger partial charge in [0, 0.05) is 51.7 Å². The first-order valence-corrected chi connectivity index (χ1v) is 13.0. The molecule has 2 aromatic rings. The molecule has 1 N–H and O–H groups in total. The third kappa shape index (κ3) is 5.47. The van der Waals surface area contributed by atoms with Crippen LogP contribution >= 0.6 is 0 Å². The summed E-state index contributed by atoms with van der Waals surface area (Å²) >= 11 is 0. The van der Waals surface area contributed by atoms with Crippen LogP contribution in [0.5, 0.6) is 5.88 Å². The summed E-state index contributed by atoms with van der Waals surface area (Å²) in [5, 5.41) is 2.92. The van der Waals surface area contributed by atoms with Crippen LogP contribution in [-0.4, -0.2) is 56.9 Å². The fourth-order valence-electron chi connectivity index (χ4n) is 4.34. The van der Waals surface area contributed by atoms with E-state index in [-0.39, 0.29) is 16.9 Å². The lowest BCUT2D eigenvalue weighted by atomic mass is 10.1. The molecule has 1 aliphatic carbocycles. The zero-order valence-corrected chi connectivity index (χ0v) is 20.1. The second kappa shape index (κ2) is 10.1. The zero-order chi connectivity index (χ0) is 23.4. The molecular weight excluding hydrogens is 440 g/mol. The summed E-state index contributed by atoms with van der Waals surface area (Å²) in [5.41, 5.74) is 1.98. The lowest BCUT2D eigenvalue weighted by Crippen LogP contribution is -2.28. The topological polar surface area (TPSA) is 91.8 Å². The van der Waals surface area contributed by atoms with Crippen LogP contribution in [0.1, 0.15) is 54.4 Å². The Morgan fingerprint density at radius 3 is 2.48 bits per heavy atom. The number of carbonyl (C=O) groups excluding carboxylic acids is 1. The predicted molar refractivity (Wildman–Crippen MR) is 127 cm³/mol. The molecule has 1 amide bonds. The number of anilines is 1. The molecule has 33 heavy (non-hydrogen) atoms. The fourth-order valence-corrected chi connectivity index (χ4v) is 5.27. The molecule has 9 heteroatoms. The Morgan fingerprint density at radius 2 is 1.85 bits per heavy atom. The summed E-state index contributed by atoms with van der Waals surface area (Å²) in [4.78, 5) is 19.8. The molecule has 0 unspecified atom stereocenters. The van der Waals surface area contributed by atoms with Gasteiger partial charge in [0.15, 0.2) is 0 Å². The van der Waals surface area contributed by atoms with Gasteiger partial charge in [-0.05, 0) is 62.3 Å². The minimum atomic E-state index is -3.64. The van der Waals surface area contributed by atoms with Gasteiger partial charge in [-0.15, -0.1) is 0 Å². The zero-order valence-electron chi connectivity index (χ0n) is 19.3. The van der Waals surface area contributed by atoms with Gasteiger partial charge in [-0.25, -0.2) is 17.7 Å². The normalized spacial score (nSPS) is 17.0. The van der Waals surface area contributed by atoms with Crippen LogP contribution in [0.3, 0.4) is 0 Å². The van der Waals surface area contributed by atoms with Crippen molar-refractivity contribution in [3.63, 3.8) is 0 Å². The highest BCUT2D eigenvalue weighted by Crippen LogP contribution is 2.28. The lowest BCUT2D eigenvalue weighted by Gasteiger charge is -2.22. The van der Waals surface area contributed by atoms with E-state index in [1.54, 1.807) is 18.3 Å². The molecule has 0 bridgehead atoms. The SMILES string of the molecule is CN(C)S(=O)(=O)c1ccc(N2CCCC2)c(C(=O)NCc2ccc(OC3CCCC3)nc2)c1. The molecule has 8 nitrogen and oxygen atoms in total. The standard InChI is InChI=1S/C24H32N4O4S/c1-27(2)33(30,31)20-10-11-22(28-13-5-6-14-28)21(15-20)24(29)26-17-18-9-12-23(25-16-18)32-19-7-3-4-8-19/h9-12,15-16,19H,3-8,13-14,17H2,1-2H3,(H,26,29). The van der Waals surface area contributed by atoms with E-state index >= 15 is 0 Å². The van der Waals surface area contributed by atoms with E-state index < -0.39 is 10.0 Å². The van der Waals surface area contributed by atoms with Crippen molar-refractivity contribution in [2.45, 2.75) is 56.1 Å². The number of ether oxygens (including phenoxy) is 1. The molecule has 0 atom stereocenters. The number of carbonyl (C=O) groups is 1. The minimum absolute atomic E-state index is 0.107. The Bertz CT molecular complexity index is 1070. The van der Waals surface area contributed by atoms with Crippen LogP contribution in [-0.2, 0) is 16.6 Å². The molecule has 178 valence electrons. The molecule has 1 aromatic carbocycles. The average Bonchev–Trinajstić information content (AvgIpc) is 3.52.